The second-order valence-corrected chi connectivity index (χ2v) is 7.87. The van der Waals surface area contributed by atoms with Crippen molar-refractivity contribution in [2.75, 3.05) is 53.7 Å². The van der Waals surface area contributed by atoms with Crippen LogP contribution in [-0.4, -0.2) is 63.5 Å². The maximum atomic E-state index is 6.19. The first-order valence-electron chi connectivity index (χ1n) is 10.7. The van der Waals surface area contributed by atoms with Crippen LogP contribution in [0.15, 0.2) is 36.4 Å². The lowest BCUT2D eigenvalue weighted by Gasteiger charge is -2.26. The van der Waals surface area contributed by atoms with Crippen molar-refractivity contribution >= 4 is 0 Å². The zero-order valence-corrected chi connectivity index (χ0v) is 18.1. The molecule has 0 spiro atoms. The van der Waals surface area contributed by atoms with E-state index in [9.17, 15) is 0 Å². The van der Waals surface area contributed by atoms with Gasteiger partial charge in [-0.1, -0.05) is 18.2 Å². The molecule has 0 aromatic heterocycles. The van der Waals surface area contributed by atoms with E-state index in [0.717, 1.165) is 82.8 Å². The Morgan fingerprint density at radius 2 is 1.80 bits per heavy atom. The molecule has 0 unspecified atom stereocenters. The van der Waals surface area contributed by atoms with Crippen LogP contribution in [0.2, 0.25) is 0 Å². The van der Waals surface area contributed by atoms with Crippen molar-refractivity contribution < 1.29 is 18.9 Å². The molecule has 0 saturated carbocycles. The summed E-state index contributed by atoms with van der Waals surface area (Å²) in [7, 11) is 3.38. The van der Waals surface area contributed by atoms with E-state index in [1.165, 1.54) is 16.7 Å². The predicted octanol–water partition coefficient (Wildman–Crippen LogP) is 3.32. The van der Waals surface area contributed by atoms with E-state index in [1.807, 2.05) is 12.1 Å². The molecule has 2 aliphatic heterocycles. The summed E-state index contributed by atoms with van der Waals surface area (Å²) in [5, 5.41) is 0. The van der Waals surface area contributed by atoms with Crippen molar-refractivity contribution in [3.63, 3.8) is 0 Å². The van der Waals surface area contributed by atoms with Crippen LogP contribution in [0.5, 0.6) is 17.2 Å². The van der Waals surface area contributed by atoms with Gasteiger partial charge >= 0.3 is 0 Å². The van der Waals surface area contributed by atoms with Gasteiger partial charge in [0.1, 0.15) is 17.2 Å². The number of rotatable bonds is 9. The highest BCUT2D eigenvalue weighted by molar-refractivity contribution is 5.44. The summed E-state index contributed by atoms with van der Waals surface area (Å²) in [6.45, 7) is 8.23. The lowest BCUT2D eigenvalue weighted by molar-refractivity contribution is 0.0357. The molecule has 0 atom stereocenters. The van der Waals surface area contributed by atoms with Crippen molar-refractivity contribution in [2.24, 2.45) is 0 Å². The van der Waals surface area contributed by atoms with Gasteiger partial charge in [0.05, 0.1) is 34.0 Å². The topological polar surface area (TPSA) is 43.4 Å². The summed E-state index contributed by atoms with van der Waals surface area (Å²) in [5.74, 6) is 2.71. The summed E-state index contributed by atoms with van der Waals surface area (Å²) < 4.78 is 22.5. The number of benzene rings is 2. The van der Waals surface area contributed by atoms with Crippen molar-refractivity contribution in [2.45, 2.75) is 26.1 Å². The van der Waals surface area contributed by atoms with Gasteiger partial charge in [-0.05, 0) is 24.1 Å². The van der Waals surface area contributed by atoms with Crippen LogP contribution < -0.4 is 14.2 Å². The second-order valence-electron chi connectivity index (χ2n) is 7.87. The molecule has 0 bridgehead atoms. The summed E-state index contributed by atoms with van der Waals surface area (Å²) in [4.78, 5) is 4.88. The number of fused-ring (bicyclic) bond motifs is 1. The highest BCUT2D eigenvalue weighted by Gasteiger charge is 2.23. The predicted molar refractivity (Wildman–Crippen MR) is 116 cm³/mol. The van der Waals surface area contributed by atoms with Gasteiger partial charge in [0.2, 0.25) is 0 Å². The molecular weight excluding hydrogens is 380 g/mol. The van der Waals surface area contributed by atoms with E-state index in [2.05, 4.69) is 34.1 Å². The third kappa shape index (κ3) is 5.06. The first kappa shape index (κ1) is 21.0. The van der Waals surface area contributed by atoms with Crippen molar-refractivity contribution in [1.82, 2.24) is 9.80 Å². The van der Waals surface area contributed by atoms with Crippen LogP contribution in [0.1, 0.15) is 23.1 Å². The molecule has 2 aromatic carbocycles. The maximum absolute atomic E-state index is 6.19. The fourth-order valence-electron chi connectivity index (χ4n) is 4.22. The molecule has 2 aliphatic rings. The van der Waals surface area contributed by atoms with Crippen LogP contribution in [-0.2, 0) is 24.4 Å². The Hall–Kier alpha value is -2.28. The number of nitrogens with zero attached hydrogens (tertiary/aromatic N) is 2. The molecule has 0 amide bonds. The normalized spacial score (nSPS) is 17.0. The minimum absolute atomic E-state index is 0.750. The molecule has 0 N–H and O–H groups in total. The summed E-state index contributed by atoms with van der Waals surface area (Å²) in [6, 6.07) is 12.4. The third-order valence-electron chi connectivity index (χ3n) is 5.87. The highest BCUT2D eigenvalue weighted by atomic mass is 16.5. The molecule has 162 valence electrons. The number of ether oxygens (including phenoxy) is 4. The molecule has 2 heterocycles. The van der Waals surface area contributed by atoms with E-state index in [1.54, 1.807) is 14.2 Å². The lowest BCUT2D eigenvalue weighted by atomic mass is 10.1. The van der Waals surface area contributed by atoms with Crippen LogP contribution in [0.4, 0.5) is 0 Å². The average molecular weight is 413 g/mol. The monoisotopic (exact) mass is 412 g/mol. The number of hydrogen-bond acceptors (Lipinski definition) is 6. The zero-order chi connectivity index (χ0) is 20.8. The van der Waals surface area contributed by atoms with Gasteiger partial charge in [0.15, 0.2) is 0 Å². The Kier molecular flexibility index (Phi) is 7.10. The van der Waals surface area contributed by atoms with Crippen LogP contribution in [0, 0.1) is 0 Å². The van der Waals surface area contributed by atoms with Crippen LogP contribution >= 0.6 is 0 Å². The zero-order valence-electron chi connectivity index (χ0n) is 18.1. The summed E-state index contributed by atoms with van der Waals surface area (Å²) in [5.41, 5.74) is 3.84. The summed E-state index contributed by atoms with van der Waals surface area (Å²) in [6.07, 6.45) is 1.04. The largest absolute Gasteiger partial charge is 0.497 e. The minimum Gasteiger partial charge on any atom is -0.497 e. The molecule has 1 fully saturated rings. The Balaban J connectivity index is 1.33. The molecule has 6 nitrogen and oxygen atoms in total. The molecule has 0 aliphatic carbocycles. The number of hydrogen-bond donors (Lipinski definition) is 0. The highest BCUT2D eigenvalue weighted by Crippen LogP contribution is 2.34. The third-order valence-corrected chi connectivity index (χ3v) is 5.87. The van der Waals surface area contributed by atoms with Crippen LogP contribution in [0.25, 0.3) is 0 Å². The van der Waals surface area contributed by atoms with Crippen molar-refractivity contribution in [3.05, 3.63) is 53.1 Å². The molecule has 1 saturated heterocycles. The quantitative estimate of drug-likeness (QED) is 0.589. The van der Waals surface area contributed by atoms with E-state index < -0.39 is 0 Å². The molecular formula is C24H32N2O4. The van der Waals surface area contributed by atoms with Gasteiger partial charge in [-0.15, -0.1) is 0 Å². The fourth-order valence-corrected chi connectivity index (χ4v) is 4.22. The van der Waals surface area contributed by atoms with E-state index >= 15 is 0 Å². The van der Waals surface area contributed by atoms with Gasteiger partial charge in [0.25, 0.3) is 0 Å². The summed E-state index contributed by atoms with van der Waals surface area (Å²) >= 11 is 0. The molecule has 4 rings (SSSR count). The Bertz CT molecular complexity index is 836. The Morgan fingerprint density at radius 1 is 0.933 bits per heavy atom. The van der Waals surface area contributed by atoms with Gasteiger partial charge in [-0.25, -0.2) is 0 Å². The molecule has 2 aromatic rings. The first-order valence-corrected chi connectivity index (χ1v) is 10.7. The van der Waals surface area contributed by atoms with Gasteiger partial charge < -0.3 is 18.9 Å². The Labute approximate surface area is 179 Å². The lowest BCUT2D eigenvalue weighted by Crippen LogP contribution is -2.37. The number of methoxy groups -OCH3 is 2. The Morgan fingerprint density at radius 3 is 2.60 bits per heavy atom. The molecule has 6 heteroatoms. The van der Waals surface area contributed by atoms with Crippen molar-refractivity contribution in [3.8, 4) is 17.2 Å². The minimum atomic E-state index is 0.750. The van der Waals surface area contributed by atoms with Gasteiger partial charge in [-0.2, -0.15) is 0 Å². The second kappa shape index (κ2) is 10.2. The smallest absolute Gasteiger partial charge is 0.127 e. The van der Waals surface area contributed by atoms with Crippen molar-refractivity contribution in [1.29, 1.82) is 0 Å². The fraction of sp³-hybridized carbons (Fsp3) is 0.500. The van der Waals surface area contributed by atoms with Crippen LogP contribution in [0.3, 0.4) is 0 Å². The van der Waals surface area contributed by atoms with Gasteiger partial charge in [0, 0.05) is 56.5 Å². The average Bonchev–Trinajstić information content (AvgIpc) is 3.21. The number of morpholine rings is 1. The maximum Gasteiger partial charge on any atom is 0.127 e. The first-order chi connectivity index (χ1) is 14.8. The SMILES string of the molecule is COc1ccc(CN2Cc3cccc(OCCCN4CCOCC4)c3C2)c(OC)c1. The molecule has 30 heavy (non-hydrogen) atoms. The standard InChI is InChI=1S/C24H32N2O4/c1-27-21-8-7-20(24(15-21)28-2)17-26-16-19-5-3-6-23(22(19)18-26)30-12-4-9-25-10-13-29-14-11-25/h3,5-8,15H,4,9-14,16-18H2,1-2H3. The molecule has 0 radical (unpaired) electrons. The van der Waals surface area contributed by atoms with Gasteiger partial charge in [-0.3, -0.25) is 9.80 Å². The van der Waals surface area contributed by atoms with E-state index in [4.69, 9.17) is 18.9 Å². The van der Waals surface area contributed by atoms with E-state index in [0.29, 0.717) is 0 Å². The van der Waals surface area contributed by atoms with E-state index in [-0.39, 0.29) is 0 Å².